The Hall–Kier alpha value is -2.35. The number of esters is 1. The van der Waals surface area contributed by atoms with Crippen LogP contribution in [-0.4, -0.2) is 25.0 Å². The number of anilines is 1. The standard InChI is InChI=1S/C19H22N2O3/c20-8-9-21(17-4-2-1-3-5-17)18(22)13-24-19(23)12-16-11-14-6-7-15(16)10-14/h1-5,14-16H,6-7,9-13H2/t14-,15-,16+/m0/s1. The first-order chi connectivity index (χ1) is 11.7. The Morgan fingerprint density at radius 3 is 2.62 bits per heavy atom. The molecule has 0 aliphatic heterocycles. The van der Waals surface area contributed by atoms with E-state index in [1.165, 1.54) is 24.2 Å². The van der Waals surface area contributed by atoms with Crippen molar-refractivity contribution >= 4 is 17.6 Å². The van der Waals surface area contributed by atoms with Gasteiger partial charge in [0.05, 0.1) is 6.07 Å². The van der Waals surface area contributed by atoms with E-state index < -0.39 is 0 Å². The lowest BCUT2D eigenvalue weighted by atomic mass is 9.86. The van der Waals surface area contributed by atoms with Gasteiger partial charge in [0.2, 0.25) is 0 Å². The number of hydrogen-bond acceptors (Lipinski definition) is 4. The number of para-hydroxylation sites is 1. The zero-order valence-electron chi connectivity index (χ0n) is 13.7. The topological polar surface area (TPSA) is 70.4 Å². The normalized spacial score (nSPS) is 24.4. The van der Waals surface area contributed by atoms with Gasteiger partial charge in [0.25, 0.3) is 5.91 Å². The number of carbonyl (C=O) groups is 2. The van der Waals surface area contributed by atoms with Crippen molar-refractivity contribution in [3.63, 3.8) is 0 Å². The SMILES string of the molecule is N#CCN(C(=O)COC(=O)C[C@H]1C[C@H]2CC[C@H]1C2)c1ccccc1. The van der Waals surface area contributed by atoms with Crippen molar-refractivity contribution in [3.05, 3.63) is 30.3 Å². The summed E-state index contributed by atoms with van der Waals surface area (Å²) >= 11 is 0. The van der Waals surface area contributed by atoms with Gasteiger partial charge in [-0.2, -0.15) is 5.26 Å². The minimum absolute atomic E-state index is 0.0627. The predicted octanol–water partition coefficient (Wildman–Crippen LogP) is 2.91. The minimum atomic E-state index is -0.371. The molecule has 2 saturated carbocycles. The zero-order valence-corrected chi connectivity index (χ0v) is 13.7. The number of benzene rings is 1. The molecule has 24 heavy (non-hydrogen) atoms. The lowest BCUT2D eigenvalue weighted by molar-refractivity contribution is -0.149. The Morgan fingerprint density at radius 1 is 1.21 bits per heavy atom. The Bertz CT molecular complexity index is 638. The van der Waals surface area contributed by atoms with Gasteiger partial charge in [-0.1, -0.05) is 24.6 Å². The molecule has 0 N–H and O–H groups in total. The van der Waals surface area contributed by atoms with E-state index in [9.17, 15) is 9.59 Å². The lowest BCUT2D eigenvalue weighted by Gasteiger charge is -2.22. The van der Waals surface area contributed by atoms with Gasteiger partial charge in [0, 0.05) is 12.1 Å². The number of carbonyl (C=O) groups excluding carboxylic acids is 2. The van der Waals surface area contributed by atoms with Gasteiger partial charge in [-0.25, -0.2) is 0 Å². The molecule has 2 fully saturated rings. The van der Waals surface area contributed by atoms with Crippen LogP contribution in [0, 0.1) is 29.1 Å². The van der Waals surface area contributed by atoms with Gasteiger partial charge in [-0.05, 0) is 49.1 Å². The van der Waals surface area contributed by atoms with E-state index in [0.29, 0.717) is 23.9 Å². The molecule has 1 amide bonds. The summed E-state index contributed by atoms with van der Waals surface area (Å²) in [6.07, 6.45) is 5.32. The molecule has 126 valence electrons. The average molecular weight is 326 g/mol. The van der Waals surface area contributed by atoms with Crippen molar-refractivity contribution in [2.24, 2.45) is 17.8 Å². The summed E-state index contributed by atoms with van der Waals surface area (Å²) in [5.41, 5.74) is 0.633. The third-order valence-corrected chi connectivity index (χ3v) is 5.27. The van der Waals surface area contributed by atoms with E-state index in [1.807, 2.05) is 12.1 Å². The van der Waals surface area contributed by atoms with Crippen LogP contribution in [0.1, 0.15) is 32.1 Å². The highest BCUT2D eigenvalue weighted by Gasteiger charge is 2.40. The van der Waals surface area contributed by atoms with Crippen molar-refractivity contribution in [3.8, 4) is 6.07 Å². The third-order valence-electron chi connectivity index (χ3n) is 5.27. The molecule has 0 spiro atoms. The maximum Gasteiger partial charge on any atom is 0.306 e. The fourth-order valence-corrected chi connectivity index (χ4v) is 4.12. The molecule has 3 rings (SSSR count). The number of amides is 1. The van der Waals surface area contributed by atoms with Crippen LogP contribution in [0.25, 0.3) is 0 Å². The first-order valence-corrected chi connectivity index (χ1v) is 8.55. The van der Waals surface area contributed by atoms with Crippen molar-refractivity contribution in [1.82, 2.24) is 0 Å². The lowest BCUT2D eigenvalue weighted by Crippen LogP contribution is -2.35. The van der Waals surface area contributed by atoms with Gasteiger partial charge in [-0.3, -0.25) is 14.5 Å². The van der Waals surface area contributed by atoms with Crippen LogP contribution < -0.4 is 4.90 Å². The maximum absolute atomic E-state index is 12.3. The highest BCUT2D eigenvalue weighted by atomic mass is 16.5. The van der Waals surface area contributed by atoms with E-state index >= 15 is 0 Å². The van der Waals surface area contributed by atoms with Crippen LogP contribution >= 0.6 is 0 Å². The molecular weight excluding hydrogens is 304 g/mol. The second-order valence-corrected chi connectivity index (χ2v) is 6.77. The monoisotopic (exact) mass is 326 g/mol. The summed E-state index contributed by atoms with van der Waals surface area (Å²) in [7, 11) is 0. The molecule has 2 aliphatic carbocycles. The fraction of sp³-hybridized carbons (Fsp3) is 0.526. The highest BCUT2D eigenvalue weighted by molar-refractivity contribution is 5.95. The van der Waals surface area contributed by atoms with Crippen molar-refractivity contribution in [2.75, 3.05) is 18.1 Å². The molecule has 2 bridgehead atoms. The number of nitriles is 1. The molecule has 2 aliphatic rings. The summed E-state index contributed by atoms with van der Waals surface area (Å²) in [5, 5.41) is 8.92. The molecule has 0 radical (unpaired) electrons. The first kappa shape index (κ1) is 16.5. The molecule has 0 aromatic heterocycles. The van der Waals surface area contributed by atoms with Crippen LogP contribution in [0.2, 0.25) is 0 Å². The van der Waals surface area contributed by atoms with E-state index in [2.05, 4.69) is 0 Å². The Labute approximate surface area is 142 Å². The van der Waals surface area contributed by atoms with E-state index in [0.717, 1.165) is 12.3 Å². The van der Waals surface area contributed by atoms with Gasteiger partial charge in [0.15, 0.2) is 6.61 Å². The minimum Gasteiger partial charge on any atom is -0.456 e. The molecule has 1 aromatic carbocycles. The molecule has 1 aromatic rings. The van der Waals surface area contributed by atoms with Crippen LogP contribution in [0.5, 0.6) is 0 Å². The quantitative estimate of drug-likeness (QED) is 0.595. The smallest absolute Gasteiger partial charge is 0.306 e. The van der Waals surface area contributed by atoms with Crippen LogP contribution in [0.15, 0.2) is 30.3 Å². The van der Waals surface area contributed by atoms with Crippen LogP contribution in [0.3, 0.4) is 0 Å². The number of fused-ring (bicyclic) bond motifs is 2. The molecule has 3 atom stereocenters. The second kappa shape index (κ2) is 7.48. The molecule has 0 unspecified atom stereocenters. The molecule has 0 heterocycles. The van der Waals surface area contributed by atoms with Crippen molar-refractivity contribution in [2.45, 2.75) is 32.1 Å². The predicted molar refractivity (Wildman–Crippen MR) is 88.9 cm³/mol. The number of hydrogen-bond donors (Lipinski definition) is 0. The molecule has 5 nitrogen and oxygen atoms in total. The van der Waals surface area contributed by atoms with E-state index in [-0.39, 0.29) is 25.0 Å². The average Bonchev–Trinajstić information content (AvgIpc) is 3.21. The summed E-state index contributed by atoms with van der Waals surface area (Å²) in [5.74, 6) is 1.21. The van der Waals surface area contributed by atoms with E-state index in [1.54, 1.807) is 24.3 Å². The van der Waals surface area contributed by atoms with Crippen molar-refractivity contribution < 1.29 is 14.3 Å². The van der Waals surface area contributed by atoms with Gasteiger partial charge >= 0.3 is 5.97 Å². The Balaban J connectivity index is 1.50. The third kappa shape index (κ3) is 3.76. The van der Waals surface area contributed by atoms with Gasteiger partial charge < -0.3 is 4.74 Å². The number of ether oxygens (including phenoxy) is 1. The van der Waals surface area contributed by atoms with Crippen molar-refractivity contribution in [1.29, 1.82) is 5.26 Å². The Kier molecular flexibility index (Phi) is 5.14. The highest BCUT2D eigenvalue weighted by Crippen LogP contribution is 2.49. The number of nitrogens with zero attached hydrogens (tertiary/aromatic N) is 2. The Morgan fingerprint density at radius 2 is 2.00 bits per heavy atom. The largest absolute Gasteiger partial charge is 0.456 e. The number of rotatable bonds is 6. The molecule has 0 saturated heterocycles. The fourth-order valence-electron chi connectivity index (χ4n) is 4.12. The maximum atomic E-state index is 12.3. The van der Waals surface area contributed by atoms with Gasteiger partial charge in [-0.15, -0.1) is 0 Å². The van der Waals surface area contributed by atoms with Gasteiger partial charge in [0.1, 0.15) is 6.54 Å². The summed E-state index contributed by atoms with van der Waals surface area (Å²) in [6.45, 7) is -0.372. The zero-order chi connectivity index (χ0) is 16.9. The summed E-state index contributed by atoms with van der Waals surface area (Å²) in [6, 6.07) is 10.9. The van der Waals surface area contributed by atoms with E-state index in [4.69, 9.17) is 10.00 Å². The summed E-state index contributed by atoms with van der Waals surface area (Å²) < 4.78 is 5.18. The van der Waals surface area contributed by atoms with Crippen LogP contribution in [0.4, 0.5) is 5.69 Å². The first-order valence-electron chi connectivity index (χ1n) is 8.55. The van der Waals surface area contributed by atoms with Crippen LogP contribution in [-0.2, 0) is 14.3 Å². The molecular formula is C19H22N2O3. The summed E-state index contributed by atoms with van der Waals surface area (Å²) in [4.78, 5) is 25.7. The second-order valence-electron chi connectivity index (χ2n) is 6.77. The molecule has 5 heteroatoms.